The summed E-state index contributed by atoms with van der Waals surface area (Å²) in [4.78, 5) is 0. The normalized spacial score (nSPS) is 22.4. The van der Waals surface area contributed by atoms with E-state index >= 15 is 0 Å². The van der Waals surface area contributed by atoms with E-state index in [1.165, 1.54) is 17.5 Å². The molecule has 2 unspecified atom stereocenters. The van der Waals surface area contributed by atoms with Crippen LogP contribution in [0, 0.1) is 13.8 Å². The molecule has 0 spiro atoms. The summed E-state index contributed by atoms with van der Waals surface area (Å²) in [6.45, 7) is 4.16. The van der Waals surface area contributed by atoms with Gasteiger partial charge in [-0.25, -0.2) is 0 Å². The molecule has 1 heterocycles. The van der Waals surface area contributed by atoms with Gasteiger partial charge in [0.05, 0.1) is 11.8 Å². The molecule has 1 fully saturated rings. The van der Waals surface area contributed by atoms with E-state index in [0.29, 0.717) is 0 Å². The van der Waals surface area contributed by atoms with Gasteiger partial charge in [-0.15, -0.1) is 5.10 Å². The SMILES string of the molecule is Cc1cccc(-n2nnnc2SC2CCCCC2O)c1C. The molecule has 1 aliphatic carbocycles. The number of aryl methyl sites for hydroxylation is 1. The fraction of sp³-hybridized carbons (Fsp3) is 0.533. The van der Waals surface area contributed by atoms with Gasteiger partial charge in [0.25, 0.3) is 0 Å². The maximum absolute atomic E-state index is 10.1. The summed E-state index contributed by atoms with van der Waals surface area (Å²) in [6, 6.07) is 6.13. The van der Waals surface area contributed by atoms with Crippen molar-refractivity contribution in [2.45, 2.75) is 56.0 Å². The summed E-state index contributed by atoms with van der Waals surface area (Å²) in [5.41, 5.74) is 3.40. The van der Waals surface area contributed by atoms with Crippen LogP contribution in [0.5, 0.6) is 0 Å². The molecule has 1 aliphatic rings. The number of hydrogen-bond donors (Lipinski definition) is 1. The van der Waals surface area contributed by atoms with E-state index in [1.807, 2.05) is 12.1 Å². The summed E-state index contributed by atoms with van der Waals surface area (Å²) >= 11 is 1.59. The number of thioether (sulfide) groups is 1. The Morgan fingerprint density at radius 2 is 2.05 bits per heavy atom. The fourth-order valence-corrected chi connectivity index (χ4v) is 3.89. The van der Waals surface area contributed by atoms with Crippen molar-refractivity contribution < 1.29 is 5.11 Å². The van der Waals surface area contributed by atoms with E-state index in [9.17, 15) is 5.11 Å². The first-order chi connectivity index (χ1) is 10.2. The van der Waals surface area contributed by atoms with Crippen LogP contribution in [-0.4, -0.2) is 36.7 Å². The number of aromatic nitrogens is 4. The lowest BCUT2D eigenvalue weighted by molar-refractivity contribution is 0.137. The van der Waals surface area contributed by atoms with Crippen LogP contribution in [0.25, 0.3) is 5.69 Å². The lowest BCUT2D eigenvalue weighted by Crippen LogP contribution is -2.27. The molecule has 2 aromatic rings. The predicted molar refractivity (Wildman–Crippen MR) is 82.7 cm³/mol. The van der Waals surface area contributed by atoms with Crippen molar-refractivity contribution in [2.24, 2.45) is 0 Å². The molecule has 6 heteroatoms. The molecule has 0 aliphatic heterocycles. The highest BCUT2D eigenvalue weighted by molar-refractivity contribution is 7.99. The Bertz CT molecular complexity index is 628. The molecule has 5 nitrogen and oxygen atoms in total. The quantitative estimate of drug-likeness (QED) is 0.944. The van der Waals surface area contributed by atoms with E-state index < -0.39 is 0 Å². The first-order valence-electron chi connectivity index (χ1n) is 7.36. The third-order valence-corrected chi connectivity index (χ3v) is 5.49. The van der Waals surface area contributed by atoms with Crippen molar-refractivity contribution in [1.29, 1.82) is 0 Å². The lowest BCUT2D eigenvalue weighted by atomic mass is 9.97. The van der Waals surface area contributed by atoms with Crippen molar-refractivity contribution in [3.05, 3.63) is 29.3 Å². The van der Waals surface area contributed by atoms with Crippen molar-refractivity contribution in [3.63, 3.8) is 0 Å². The number of hydrogen-bond acceptors (Lipinski definition) is 5. The second-order valence-electron chi connectivity index (χ2n) is 5.60. The maximum Gasteiger partial charge on any atom is 0.214 e. The molecule has 0 saturated heterocycles. The molecule has 0 amide bonds. The smallest absolute Gasteiger partial charge is 0.214 e. The molecule has 1 aromatic carbocycles. The van der Waals surface area contributed by atoms with E-state index in [-0.39, 0.29) is 11.4 Å². The highest BCUT2D eigenvalue weighted by Crippen LogP contribution is 2.33. The topological polar surface area (TPSA) is 63.8 Å². The molecule has 1 saturated carbocycles. The van der Waals surface area contributed by atoms with Crippen molar-refractivity contribution in [2.75, 3.05) is 0 Å². The highest BCUT2D eigenvalue weighted by Gasteiger charge is 2.26. The minimum atomic E-state index is -0.257. The van der Waals surface area contributed by atoms with Gasteiger partial charge in [0.15, 0.2) is 0 Å². The van der Waals surface area contributed by atoms with Gasteiger partial charge in [-0.05, 0) is 54.3 Å². The highest BCUT2D eigenvalue weighted by atomic mass is 32.2. The molecule has 0 radical (unpaired) electrons. The van der Waals surface area contributed by atoms with Crippen LogP contribution in [0.4, 0.5) is 0 Å². The second kappa shape index (κ2) is 6.15. The maximum atomic E-state index is 10.1. The zero-order valence-electron chi connectivity index (χ0n) is 12.4. The Morgan fingerprint density at radius 1 is 1.24 bits per heavy atom. The molecular formula is C15H20N4OS. The minimum Gasteiger partial charge on any atom is -0.392 e. The van der Waals surface area contributed by atoms with Crippen LogP contribution in [0.2, 0.25) is 0 Å². The van der Waals surface area contributed by atoms with Crippen LogP contribution >= 0.6 is 11.8 Å². The summed E-state index contributed by atoms with van der Waals surface area (Å²) in [7, 11) is 0. The number of nitrogens with zero attached hydrogens (tertiary/aromatic N) is 4. The number of aliphatic hydroxyl groups excluding tert-OH is 1. The number of tetrazole rings is 1. The largest absolute Gasteiger partial charge is 0.392 e. The Balaban J connectivity index is 1.88. The molecule has 2 atom stereocenters. The average molecular weight is 304 g/mol. The van der Waals surface area contributed by atoms with E-state index in [0.717, 1.165) is 30.1 Å². The van der Waals surface area contributed by atoms with Gasteiger partial charge in [0, 0.05) is 5.25 Å². The van der Waals surface area contributed by atoms with Gasteiger partial charge in [0.1, 0.15) is 0 Å². The van der Waals surface area contributed by atoms with Crippen LogP contribution in [-0.2, 0) is 0 Å². The Kier molecular flexibility index (Phi) is 4.26. The molecule has 112 valence electrons. The van der Waals surface area contributed by atoms with Crippen LogP contribution in [0.15, 0.2) is 23.4 Å². The standard InChI is InChI=1S/C15H20N4OS/c1-10-6-5-7-12(11(10)2)19-15(16-17-18-19)21-14-9-4-3-8-13(14)20/h5-7,13-14,20H,3-4,8-9H2,1-2H3. The van der Waals surface area contributed by atoms with Crippen LogP contribution in [0.3, 0.4) is 0 Å². The fourth-order valence-electron chi connectivity index (χ4n) is 2.72. The molecule has 21 heavy (non-hydrogen) atoms. The summed E-state index contributed by atoms with van der Waals surface area (Å²) in [5.74, 6) is 0. The Morgan fingerprint density at radius 3 is 2.86 bits per heavy atom. The Labute approximate surface area is 128 Å². The van der Waals surface area contributed by atoms with Crippen LogP contribution in [0.1, 0.15) is 36.8 Å². The minimum absolute atomic E-state index is 0.189. The van der Waals surface area contributed by atoms with Crippen molar-refractivity contribution in [3.8, 4) is 5.69 Å². The summed E-state index contributed by atoms with van der Waals surface area (Å²) in [5, 5.41) is 23.2. The monoisotopic (exact) mass is 304 g/mol. The van der Waals surface area contributed by atoms with Gasteiger partial charge in [0.2, 0.25) is 5.16 Å². The van der Waals surface area contributed by atoms with Crippen molar-refractivity contribution >= 4 is 11.8 Å². The number of rotatable bonds is 3. The lowest BCUT2D eigenvalue weighted by Gasteiger charge is -2.26. The average Bonchev–Trinajstić information content (AvgIpc) is 2.92. The molecule has 3 rings (SSSR count). The zero-order valence-corrected chi connectivity index (χ0v) is 13.2. The second-order valence-corrected chi connectivity index (χ2v) is 6.81. The van der Waals surface area contributed by atoms with Gasteiger partial charge in [-0.3, -0.25) is 0 Å². The third-order valence-electron chi connectivity index (χ3n) is 4.17. The van der Waals surface area contributed by atoms with Gasteiger partial charge in [-0.1, -0.05) is 36.7 Å². The van der Waals surface area contributed by atoms with E-state index in [2.05, 4.69) is 35.4 Å². The third kappa shape index (κ3) is 2.96. The first-order valence-corrected chi connectivity index (χ1v) is 8.24. The van der Waals surface area contributed by atoms with Crippen LogP contribution < -0.4 is 0 Å². The number of benzene rings is 1. The molecular weight excluding hydrogens is 284 g/mol. The summed E-state index contributed by atoms with van der Waals surface area (Å²) in [6.07, 6.45) is 3.92. The predicted octanol–water partition coefficient (Wildman–Crippen LogP) is 2.67. The van der Waals surface area contributed by atoms with Gasteiger partial charge in [-0.2, -0.15) is 4.68 Å². The van der Waals surface area contributed by atoms with E-state index in [1.54, 1.807) is 16.4 Å². The first kappa shape index (κ1) is 14.5. The van der Waals surface area contributed by atoms with Gasteiger partial charge >= 0.3 is 0 Å². The summed E-state index contributed by atoms with van der Waals surface area (Å²) < 4.78 is 1.79. The molecule has 1 aromatic heterocycles. The Hall–Kier alpha value is -1.40. The van der Waals surface area contributed by atoms with Gasteiger partial charge < -0.3 is 5.11 Å². The number of aliphatic hydroxyl groups is 1. The molecule has 0 bridgehead atoms. The molecule has 1 N–H and O–H groups in total. The van der Waals surface area contributed by atoms with Crippen molar-refractivity contribution in [1.82, 2.24) is 20.2 Å². The van der Waals surface area contributed by atoms with E-state index in [4.69, 9.17) is 0 Å². The zero-order chi connectivity index (χ0) is 14.8.